The van der Waals surface area contributed by atoms with Crippen molar-refractivity contribution in [2.45, 2.75) is 25.8 Å². The Labute approximate surface area is 163 Å². The Morgan fingerprint density at radius 3 is 2.71 bits per heavy atom. The van der Waals surface area contributed by atoms with Gasteiger partial charge in [-0.1, -0.05) is 18.2 Å². The minimum absolute atomic E-state index is 0.145. The van der Waals surface area contributed by atoms with E-state index in [0.717, 1.165) is 24.2 Å². The molecule has 2 heterocycles. The summed E-state index contributed by atoms with van der Waals surface area (Å²) < 4.78 is 5.42. The third kappa shape index (κ3) is 3.51. The van der Waals surface area contributed by atoms with Crippen molar-refractivity contribution in [1.29, 1.82) is 0 Å². The first kappa shape index (κ1) is 18.3. The number of hydrogen-bond acceptors (Lipinski definition) is 3. The number of nitrogens with zero attached hydrogens (tertiary/aromatic N) is 1. The van der Waals surface area contributed by atoms with Crippen LogP contribution < -0.4 is 15.0 Å². The van der Waals surface area contributed by atoms with Gasteiger partial charge >= 0.3 is 0 Å². The van der Waals surface area contributed by atoms with E-state index in [1.807, 2.05) is 30.6 Å². The van der Waals surface area contributed by atoms with Crippen LogP contribution >= 0.6 is 0 Å². The third-order valence-electron chi connectivity index (χ3n) is 5.13. The summed E-state index contributed by atoms with van der Waals surface area (Å²) in [4.78, 5) is 29.8. The fraction of sp³-hybridized carbons (Fsp3) is 0.273. The Hall–Kier alpha value is -3.12. The van der Waals surface area contributed by atoms with Crippen molar-refractivity contribution in [2.24, 2.45) is 0 Å². The molecule has 0 aliphatic carbocycles. The van der Waals surface area contributed by atoms with E-state index in [1.165, 1.54) is 15.8 Å². The van der Waals surface area contributed by atoms with E-state index in [4.69, 9.17) is 4.74 Å². The molecule has 0 unspecified atom stereocenters. The summed E-state index contributed by atoms with van der Waals surface area (Å²) in [6.07, 6.45) is 3.09. The summed E-state index contributed by atoms with van der Waals surface area (Å²) in [6.45, 7) is 3.25. The van der Waals surface area contributed by atoms with Crippen molar-refractivity contribution in [3.63, 3.8) is 0 Å². The van der Waals surface area contributed by atoms with Crippen LogP contribution in [0.2, 0.25) is 0 Å². The van der Waals surface area contributed by atoms with Gasteiger partial charge in [0.1, 0.15) is 5.75 Å². The highest BCUT2D eigenvalue weighted by Crippen LogP contribution is 2.24. The summed E-state index contributed by atoms with van der Waals surface area (Å²) in [7, 11) is 0. The molecule has 3 aromatic rings. The summed E-state index contributed by atoms with van der Waals surface area (Å²) in [5.41, 5.74) is 2.95. The number of aromatic nitrogens is 1. The zero-order valence-electron chi connectivity index (χ0n) is 15.9. The van der Waals surface area contributed by atoms with Gasteiger partial charge in [-0.25, -0.2) is 4.90 Å². The van der Waals surface area contributed by atoms with E-state index in [-0.39, 0.29) is 24.3 Å². The highest BCUT2D eigenvalue weighted by atomic mass is 16.5. The first-order chi connectivity index (χ1) is 13.7. The smallest absolute Gasteiger partial charge is 0.292 e. The van der Waals surface area contributed by atoms with Crippen LogP contribution in [0.5, 0.6) is 5.75 Å². The number of aromatic amines is 1. The number of carbonyl (C=O) groups is 2. The van der Waals surface area contributed by atoms with Gasteiger partial charge in [-0.3, -0.25) is 9.59 Å². The van der Waals surface area contributed by atoms with E-state index in [1.54, 1.807) is 24.3 Å². The van der Waals surface area contributed by atoms with Gasteiger partial charge in [-0.2, -0.15) is 0 Å². The maximum absolute atomic E-state index is 12.8. The van der Waals surface area contributed by atoms with Gasteiger partial charge in [0.2, 0.25) is 5.91 Å². The Kier molecular flexibility index (Phi) is 5.12. The first-order valence-corrected chi connectivity index (χ1v) is 9.65. The van der Waals surface area contributed by atoms with E-state index >= 15 is 0 Å². The van der Waals surface area contributed by atoms with Crippen molar-refractivity contribution in [2.75, 3.05) is 18.1 Å². The van der Waals surface area contributed by atoms with E-state index in [0.29, 0.717) is 12.3 Å². The van der Waals surface area contributed by atoms with Crippen molar-refractivity contribution in [1.82, 2.24) is 4.98 Å². The molecule has 28 heavy (non-hydrogen) atoms. The normalized spacial score (nSPS) is 16.9. The molecule has 0 spiro atoms. The molecule has 2 amide bonds. The number of amides is 2. The number of quaternary nitrogens is 1. The summed E-state index contributed by atoms with van der Waals surface area (Å²) in [5, 5.41) is 3.19. The van der Waals surface area contributed by atoms with Crippen LogP contribution in [0.1, 0.15) is 18.9 Å². The van der Waals surface area contributed by atoms with Crippen molar-refractivity contribution < 1.29 is 19.6 Å². The first-order valence-electron chi connectivity index (χ1n) is 9.65. The van der Waals surface area contributed by atoms with Crippen molar-refractivity contribution in [3.8, 4) is 5.75 Å². The number of nitrogens with one attached hydrogen (secondary N) is 1. The number of ether oxygens (including phenoxy) is 1. The minimum Gasteiger partial charge on any atom is -0.494 e. The fourth-order valence-electron chi connectivity index (χ4n) is 3.75. The average Bonchev–Trinajstić information content (AvgIpc) is 3.24. The molecular formula is C22H24N3O3+. The van der Waals surface area contributed by atoms with Gasteiger partial charge in [-0.15, -0.1) is 0 Å². The molecule has 3 N–H and O–H groups in total. The van der Waals surface area contributed by atoms with E-state index in [9.17, 15) is 9.59 Å². The number of carbonyl (C=O) groups excluding carboxylic acids is 2. The molecule has 6 heteroatoms. The monoisotopic (exact) mass is 378 g/mol. The van der Waals surface area contributed by atoms with Crippen LogP contribution in [0, 0.1) is 0 Å². The zero-order valence-corrected chi connectivity index (χ0v) is 15.9. The van der Waals surface area contributed by atoms with Crippen LogP contribution in [-0.4, -0.2) is 36.0 Å². The number of imide groups is 1. The van der Waals surface area contributed by atoms with Gasteiger partial charge in [0.15, 0.2) is 6.04 Å². The maximum Gasteiger partial charge on any atom is 0.292 e. The lowest BCUT2D eigenvalue weighted by Crippen LogP contribution is -2.92. The summed E-state index contributed by atoms with van der Waals surface area (Å²) in [6, 6.07) is 14.9. The number of fused-ring (bicyclic) bond motifs is 1. The molecule has 0 bridgehead atoms. The summed E-state index contributed by atoms with van der Waals surface area (Å²) in [5.74, 6) is 0.433. The molecule has 1 atom stereocenters. The Bertz CT molecular complexity index is 994. The number of anilines is 1. The Morgan fingerprint density at radius 1 is 1.14 bits per heavy atom. The molecule has 4 rings (SSSR count). The van der Waals surface area contributed by atoms with E-state index < -0.39 is 0 Å². The molecule has 6 nitrogen and oxygen atoms in total. The minimum atomic E-state index is -0.357. The van der Waals surface area contributed by atoms with Crippen LogP contribution in [0.4, 0.5) is 5.69 Å². The SMILES string of the molecule is CCOc1ccc(N2C(=O)C[C@@H]([NH2+]CCc3c[nH]c4ccccc34)C2=O)cc1. The zero-order chi connectivity index (χ0) is 19.5. The number of nitrogens with two attached hydrogens (primary N) is 1. The molecule has 0 radical (unpaired) electrons. The van der Waals surface area contributed by atoms with E-state index in [2.05, 4.69) is 17.1 Å². The molecule has 1 aliphatic rings. The topological polar surface area (TPSA) is 79.0 Å². The van der Waals surface area contributed by atoms with Crippen molar-refractivity contribution in [3.05, 3.63) is 60.3 Å². The van der Waals surface area contributed by atoms with Crippen LogP contribution in [0.15, 0.2) is 54.7 Å². The summed E-state index contributed by atoms with van der Waals surface area (Å²) >= 11 is 0. The second-order valence-electron chi connectivity index (χ2n) is 6.94. The lowest BCUT2D eigenvalue weighted by Gasteiger charge is -2.14. The van der Waals surface area contributed by atoms with Crippen LogP contribution in [-0.2, 0) is 16.0 Å². The molecular weight excluding hydrogens is 354 g/mol. The predicted molar refractivity (Wildman–Crippen MR) is 107 cm³/mol. The lowest BCUT2D eigenvalue weighted by molar-refractivity contribution is -0.674. The molecule has 1 aliphatic heterocycles. The molecule has 1 fully saturated rings. The number of rotatable bonds is 7. The predicted octanol–water partition coefficient (Wildman–Crippen LogP) is 2.00. The highest BCUT2D eigenvalue weighted by Gasteiger charge is 2.42. The Morgan fingerprint density at radius 2 is 1.93 bits per heavy atom. The lowest BCUT2D eigenvalue weighted by atomic mass is 10.1. The largest absolute Gasteiger partial charge is 0.494 e. The second kappa shape index (κ2) is 7.86. The molecule has 2 aromatic carbocycles. The van der Waals surface area contributed by atoms with Gasteiger partial charge in [0.25, 0.3) is 5.91 Å². The molecule has 1 saturated heterocycles. The molecule has 144 valence electrons. The number of benzene rings is 2. The standard InChI is InChI=1S/C22H23N3O3/c1-2-28-17-9-7-16(8-10-17)25-21(26)13-20(22(25)27)23-12-11-15-14-24-19-6-4-3-5-18(15)19/h3-10,14,20,23-24H,2,11-13H2,1H3/p+1/t20-/m1/s1. The third-order valence-corrected chi connectivity index (χ3v) is 5.13. The van der Waals surface area contributed by atoms with Gasteiger partial charge < -0.3 is 15.0 Å². The quantitative estimate of drug-likeness (QED) is 0.617. The highest BCUT2D eigenvalue weighted by molar-refractivity contribution is 6.21. The van der Waals surface area contributed by atoms with Crippen molar-refractivity contribution >= 4 is 28.4 Å². The maximum atomic E-state index is 12.8. The molecule has 1 aromatic heterocycles. The second-order valence-corrected chi connectivity index (χ2v) is 6.94. The average molecular weight is 378 g/mol. The van der Waals surface area contributed by atoms with Gasteiger partial charge in [0, 0.05) is 23.5 Å². The Balaban J connectivity index is 1.38. The van der Waals surface area contributed by atoms with Gasteiger partial charge in [-0.05, 0) is 42.8 Å². The fourth-order valence-corrected chi connectivity index (χ4v) is 3.75. The number of H-pyrrole nitrogens is 1. The number of para-hydroxylation sites is 1. The van der Waals surface area contributed by atoms with Crippen LogP contribution in [0.3, 0.4) is 0 Å². The van der Waals surface area contributed by atoms with Crippen LogP contribution in [0.25, 0.3) is 10.9 Å². The van der Waals surface area contributed by atoms with Gasteiger partial charge in [0.05, 0.1) is 25.3 Å². The number of hydrogen-bond donors (Lipinski definition) is 2. The molecule has 0 saturated carbocycles.